The number of nitrogens with zero attached hydrogens (tertiary/aromatic N) is 2. The summed E-state index contributed by atoms with van der Waals surface area (Å²) in [5, 5.41) is 14.9. The molecule has 3 rings (SSSR count). The smallest absolute Gasteiger partial charge is 0.269 e. The molecular weight excluding hydrogens is 521 g/mol. The Bertz CT molecular complexity index is 1040. The maximum Gasteiger partial charge on any atom is 0.269 e. The summed E-state index contributed by atoms with van der Waals surface area (Å²) < 4.78 is 0. The van der Waals surface area contributed by atoms with Crippen molar-refractivity contribution in [3.63, 3.8) is 0 Å². The predicted octanol–water partition coefficient (Wildman–Crippen LogP) is 6.39. The number of benzene rings is 2. The average Bonchev–Trinajstić information content (AvgIpc) is 2.86. The maximum absolute atomic E-state index is 13.5. The Morgan fingerprint density at radius 3 is 2.33 bits per heavy atom. The zero-order valence-corrected chi connectivity index (χ0v) is 22.6. The molecule has 194 valence electrons. The highest BCUT2D eigenvalue weighted by Gasteiger charge is 2.31. The Labute approximate surface area is 226 Å². The third-order valence-electron chi connectivity index (χ3n) is 6.37. The standard InChI is InChI=1S/C26H31Cl2N3O4S/c1-2-24(26(33)29-19-7-4-3-5-8-19)30(15-21-22(27)9-6-10-23(21)28)25(32)17-36-16-18-11-13-20(14-12-18)31(34)35/h6,9-14,19,24H,2-5,7-8,15-17H2,1H3,(H,29,33)/t24-/m1/s1. The molecule has 2 aromatic rings. The Kier molecular flexibility index (Phi) is 10.9. The van der Waals surface area contributed by atoms with Gasteiger partial charge in [-0.05, 0) is 37.0 Å². The number of hydrogen-bond donors (Lipinski definition) is 1. The van der Waals surface area contributed by atoms with Crippen LogP contribution in [0.4, 0.5) is 5.69 Å². The summed E-state index contributed by atoms with van der Waals surface area (Å²) in [6.45, 7) is 2.02. The van der Waals surface area contributed by atoms with Gasteiger partial charge in [-0.2, -0.15) is 0 Å². The molecule has 0 aliphatic heterocycles. The molecule has 0 saturated heterocycles. The number of thioether (sulfide) groups is 1. The van der Waals surface area contributed by atoms with Crippen molar-refractivity contribution in [3.8, 4) is 0 Å². The fourth-order valence-corrected chi connectivity index (χ4v) is 5.76. The summed E-state index contributed by atoms with van der Waals surface area (Å²) in [5.41, 5.74) is 1.51. The molecule has 0 radical (unpaired) electrons. The highest BCUT2D eigenvalue weighted by Crippen LogP contribution is 2.28. The lowest BCUT2D eigenvalue weighted by molar-refractivity contribution is -0.384. The van der Waals surface area contributed by atoms with E-state index in [1.165, 1.54) is 30.3 Å². The summed E-state index contributed by atoms with van der Waals surface area (Å²) >= 11 is 14.2. The van der Waals surface area contributed by atoms with E-state index >= 15 is 0 Å². The van der Waals surface area contributed by atoms with Crippen LogP contribution in [0.25, 0.3) is 0 Å². The molecule has 1 fully saturated rings. The quantitative estimate of drug-likeness (QED) is 0.258. The van der Waals surface area contributed by atoms with Crippen LogP contribution >= 0.6 is 35.0 Å². The van der Waals surface area contributed by atoms with Crippen molar-refractivity contribution in [1.82, 2.24) is 10.2 Å². The Morgan fingerprint density at radius 1 is 1.11 bits per heavy atom. The zero-order chi connectivity index (χ0) is 26.1. The zero-order valence-electron chi connectivity index (χ0n) is 20.3. The first-order valence-corrected chi connectivity index (χ1v) is 14.0. The SMILES string of the molecule is CC[C@H](C(=O)NC1CCCCC1)N(Cc1c(Cl)cccc1Cl)C(=O)CSCc1ccc([N+](=O)[O-])cc1. The van der Waals surface area contributed by atoms with Crippen molar-refractivity contribution in [2.75, 3.05) is 5.75 Å². The molecule has 0 bridgehead atoms. The minimum absolute atomic E-state index is 0.0254. The van der Waals surface area contributed by atoms with E-state index in [1.54, 1.807) is 35.2 Å². The summed E-state index contributed by atoms with van der Waals surface area (Å²) in [6.07, 6.45) is 5.75. The van der Waals surface area contributed by atoms with Crippen molar-refractivity contribution in [1.29, 1.82) is 0 Å². The van der Waals surface area contributed by atoms with Crippen LogP contribution in [-0.2, 0) is 21.9 Å². The molecule has 0 unspecified atom stereocenters. The van der Waals surface area contributed by atoms with Gasteiger partial charge in [0.15, 0.2) is 0 Å². The lowest BCUT2D eigenvalue weighted by Gasteiger charge is -2.33. The van der Waals surface area contributed by atoms with Crippen LogP contribution in [0.5, 0.6) is 0 Å². The first-order chi connectivity index (χ1) is 17.3. The molecule has 1 aliphatic carbocycles. The number of rotatable bonds is 11. The largest absolute Gasteiger partial charge is 0.352 e. The van der Waals surface area contributed by atoms with Gasteiger partial charge in [0, 0.05) is 46.1 Å². The first kappa shape index (κ1) is 28.3. The maximum atomic E-state index is 13.5. The summed E-state index contributed by atoms with van der Waals surface area (Å²) in [5.74, 6) is 0.312. The van der Waals surface area contributed by atoms with Gasteiger partial charge in [-0.1, -0.05) is 67.6 Å². The van der Waals surface area contributed by atoms with Crippen molar-refractivity contribution >= 4 is 52.5 Å². The van der Waals surface area contributed by atoms with E-state index in [0.717, 1.165) is 31.2 Å². The molecule has 1 aliphatic rings. The van der Waals surface area contributed by atoms with E-state index in [1.807, 2.05) is 6.92 Å². The van der Waals surface area contributed by atoms with E-state index in [2.05, 4.69) is 5.32 Å². The molecule has 1 N–H and O–H groups in total. The molecular formula is C26H31Cl2N3O4S. The minimum atomic E-state index is -0.647. The van der Waals surface area contributed by atoms with E-state index in [4.69, 9.17) is 23.2 Å². The van der Waals surface area contributed by atoms with Crippen molar-refractivity contribution in [3.05, 3.63) is 73.8 Å². The van der Waals surface area contributed by atoms with Gasteiger partial charge in [0.1, 0.15) is 6.04 Å². The van der Waals surface area contributed by atoms with Crippen LogP contribution in [-0.4, -0.2) is 39.5 Å². The summed E-state index contributed by atoms with van der Waals surface area (Å²) in [6, 6.07) is 10.9. The van der Waals surface area contributed by atoms with Gasteiger partial charge in [-0.3, -0.25) is 19.7 Å². The van der Waals surface area contributed by atoms with Gasteiger partial charge in [-0.25, -0.2) is 0 Å². The monoisotopic (exact) mass is 551 g/mol. The van der Waals surface area contributed by atoms with Gasteiger partial charge in [0.25, 0.3) is 5.69 Å². The molecule has 1 atom stereocenters. The molecule has 1 saturated carbocycles. The highest BCUT2D eigenvalue weighted by atomic mass is 35.5. The fraction of sp³-hybridized carbons (Fsp3) is 0.462. The lowest BCUT2D eigenvalue weighted by atomic mass is 9.95. The molecule has 0 aromatic heterocycles. The van der Waals surface area contributed by atoms with E-state index < -0.39 is 11.0 Å². The second-order valence-electron chi connectivity index (χ2n) is 8.91. The van der Waals surface area contributed by atoms with Gasteiger partial charge < -0.3 is 10.2 Å². The number of nitro groups is 1. The molecule has 36 heavy (non-hydrogen) atoms. The normalized spacial score (nSPS) is 14.8. The van der Waals surface area contributed by atoms with Crippen LogP contribution in [0, 0.1) is 10.1 Å². The number of amides is 2. The third-order valence-corrected chi connectivity index (χ3v) is 8.07. The van der Waals surface area contributed by atoms with Gasteiger partial charge in [0.2, 0.25) is 11.8 Å². The summed E-state index contributed by atoms with van der Waals surface area (Å²) in [4.78, 5) is 38.7. The molecule has 0 spiro atoms. The van der Waals surface area contributed by atoms with Crippen LogP contribution in [0.3, 0.4) is 0 Å². The number of non-ortho nitro benzene ring substituents is 1. The lowest BCUT2D eigenvalue weighted by Crippen LogP contribution is -2.52. The molecule has 2 aromatic carbocycles. The average molecular weight is 553 g/mol. The van der Waals surface area contributed by atoms with Crippen molar-refractivity contribution in [2.45, 2.75) is 69.8 Å². The topological polar surface area (TPSA) is 92.6 Å². The number of carbonyl (C=O) groups is 2. The number of carbonyl (C=O) groups excluding carboxylic acids is 2. The van der Waals surface area contributed by atoms with Crippen LogP contribution in [0.2, 0.25) is 10.0 Å². The van der Waals surface area contributed by atoms with E-state index in [0.29, 0.717) is 27.8 Å². The Hall–Kier alpha value is -2.29. The molecule has 0 heterocycles. The van der Waals surface area contributed by atoms with Gasteiger partial charge >= 0.3 is 0 Å². The molecule has 10 heteroatoms. The number of nitrogens with one attached hydrogen (secondary N) is 1. The molecule has 2 amide bonds. The number of nitro benzene ring substituents is 1. The second-order valence-corrected chi connectivity index (χ2v) is 10.7. The Balaban J connectivity index is 1.73. The van der Waals surface area contributed by atoms with Crippen molar-refractivity contribution in [2.24, 2.45) is 0 Å². The predicted molar refractivity (Wildman–Crippen MR) is 145 cm³/mol. The number of halogens is 2. The van der Waals surface area contributed by atoms with Gasteiger partial charge in [0.05, 0.1) is 10.7 Å². The minimum Gasteiger partial charge on any atom is -0.352 e. The fourth-order valence-electron chi connectivity index (χ4n) is 4.37. The summed E-state index contributed by atoms with van der Waals surface area (Å²) in [7, 11) is 0. The first-order valence-electron chi connectivity index (χ1n) is 12.1. The second kappa shape index (κ2) is 13.9. The van der Waals surface area contributed by atoms with Crippen molar-refractivity contribution < 1.29 is 14.5 Å². The Morgan fingerprint density at radius 2 is 1.75 bits per heavy atom. The van der Waals surface area contributed by atoms with E-state index in [-0.39, 0.29) is 35.8 Å². The van der Waals surface area contributed by atoms with Gasteiger partial charge in [-0.15, -0.1) is 11.8 Å². The highest BCUT2D eigenvalue weighted by molar-refractivity contribution is 7.99. The van der Waals surface area contributed by atoms with Crippen LogP contribution in [0.15, 0.2) is 42.5 Å². The number of hydrogen-bond acceptors (Lipinski definition) is 5. The third kappa shape index (κ3) is 7.85. The van der Waals surface area contributed by atoms with E-state index in [9.17, 15) is 19.7 Å². The van der Waals surface area contributed by atoms with Crippen LogP contribution in [0.1, 0.15) is 56.6 Å². The molecule has 7 nitrogen and oxygen atoms in total. The van der Waals surface area contributed by atoms with Crippen LogP contribution < -0.4 is 5.32 Å².